The second kappa shape index (κ2) is 4.58. The summed E-state index contributed by atoms with van der Waals surface area (Å²) >= 11 is 3.45. The van der Waals surface area contributed by atoms with Crippen LogP contribution in [0.4, 0.5) is 0 Å². The SMILES string of the molecule is Brc1cccc(Cc2noc(C3CNC3)n2)c1. The molecule has 0 aliphatic carbocycles. The van der Waals surface area contributed by atoms with E-state index in [0.29, 0.717) is 12.3 Å². The summed E-state index contributed by atoms with van der Waals surface area (Å²) in [6.07, 6.45) is 0.711. The van der Waals surface area contributed by atoms with Crippen LogP contribution in [-0.4, -0.2) is 23.2 Å². The highest BCUT2D eigenvalue weighted by Gasteiger charge is 2.24. The van der Waals surface area contributed by atoms with E-state index in [1.807, 2.05) is 12.1 Å². The van der Waals surface area contributed by atoms with Crippen molar-refractivity contribution in [1.29, 1.82) is 0 Å². The maximum absolute atomic E-state index is 5.26. The van der Waals surface area contributed by atoms with Crippen LogP contribution in [0.3, 0.4) is 0 Å². The normalized spacial score (nSPS) is 15.8. The van der Waals surface area contributed by atoms with Crippen molar-refractivity contribution in [2.45, 2.75) is 12.3 Å². The third-order valence-corrected chi connectivity index (χ3v) is 3.36. The number of nitrogens with one attached hydrogen (secondary N) is 1. The van der Waals surface area contributed by atoms with Crippen molar-refractivity contribution in [3.8, 4) is 0 Å². The molecule has 0 bridgehead atoms. The molecule has 0 unspecified atom stereocenters. The van der Waals surface area contributed by atoms with Crippen LogP contribution in [-0.2, 0) is 6.42 Å². The topological polar surface area (TPSA) is 51.0 Å². The van der Waals surface area contributed by atoms with Gasteiger partial charge in [0.25, 0.3) is 0 Å². The van der Waals surface area contributed by atoms with Gasteiger partial charge in [-0.25, -0.2) is 0 Å². The molecule has 88 valence electrons. The maximum Gasteiger partial charge on any atom is 0.232 e. The van der Waals surface area contributed by atoms with E-state index in [2.05, 4.69) is 43.5 Å². The molecule has 1 aliphatic heterocycles. The molecule has 0 spiro atoms. The fraction of sp³-hybridized carbons (Fsp3) is 0.333. The Bertz CT molecular complexity index is 522. The zero-order valence-corrected chi connectivity index (χ0v) is 10.8. The molecule has 2 aromatic rings. The lowest BCUT2D eigenvalue weighted by Crippen LogP contribution is -2.40. The number of aromatic nitrogens is 2. The molecular weight excluding hydrogens is 282 g/mol. The van der Waals surface area contributed by atoms with Crippen molar-refractivity contribution in [3.05, 3.63) is 46.0 Å². The summed E-state index contributed by atoms with van der Waals surface area (Å²) in [7, 11) is 0. The zero-order valence-electron chi connectivity index (χ0n) is 9.19. The molecule has 3 rings (SSSR count). The van der Waals surface area contributed by atoms with Crippen molar-refractivity contribution >= 4 is 15.9 Å². The summed E-state index contributed by atoms with van der Waals surface area (Å²) in [5.74, 6) is 1.91. The Kier molecular flexibility index (Phi) is 2.94. The Hall–Kier alpha value is -1.20. The van der Waals surface area contributed by atoms with Crippen molar-refractivity contribution < 1.29 is 4.52 Å². The van der Waals surface area contributed by atoms with Gasteiger partial charge in [-0.15, -0.1) is 0 Å². The van der Waals surface area contributed by atoms with Crippen molar-refractivity contribution in [3.63, 3.8) is 0 Å². The standard InChI is InChI=1S/C12H12BrN3O/c13-10-3-1-2-8(4-10)5-11-15-12(17-16-11)9-6-14-7-9/h1-4,9,14H,5-7H2. The molecule has 1 aromatic heterocycles. The van der Waals surface area contributed by atoms with E-state index >= 15 is 0 Å². The number of benzene rings is 1. The molecule has 1 fully saturated rings. The fourth-order valence-corrected chi connectivity index (χ4v) is 2.24. The Morgan fingerprint density at radius 2 is 2.29 bits per heavy atom. The van der Waals surface area contributed by atoms with Gasteiger partial charge in [-0.3, -0.25) is 0 Å². The minimum Gasteiger partial charge on any atom is -0.339 e. The van der Waals surface area contributed by atoms with Crippen LogP contribution in [0, 0.1) is 0 Å². The fourth-order valence-electron chi connectivity index (χ4n) is 1.80. The molecule has 2 heterocycles. The van der Waals surface area contributed by atoms with Gasteiger partial charge in [0.05, 0.1) is 5.92 Å². The van der Waals surface area contributed by atoms with Crippen LogP contribution in [0.15, 0.2) is 33.3 Å². The first-order valence-corrected chi connectivity index (χ1v) is 6.38. The molecule has 0 saturated carbocycles. The predicted molar refractivity (Wildman–Crippen MR) is 66.9 cm³/mol. The summed E-state index contributed by atoms with van der Waals surface area (Å²) in [5.41, 5.74) is 1.18. The zero-order chi connectivity index (χ0) is 11.7. The molecule has 1 saturated heterocycles. The average molecular weight is 294 g/mol. The van der Waals surface area contributed by atoms with Crippen LogP contribution < -0.4 is 5.32 Å². The summed E-state index contributed by atoms with van der Waals surface area (Å²) in [5, 5.41) is 7.21. The lowest BCUT2D eigenvalue weighted by atomic mass is 10.0. The smallest absolute Gasteiger partial charge is 0.232 e. The average Bonchev–Trinajstić information content (AvgIpc) is 2.63. The Morgan fingerprint density at radius 3 is 3.00 bits per heavy atom. The third-order valence-electron chi connectivity index (χ3n) is 2.87. The van der Waals surface area contributed by atoms with Gasteiger partial charge in [-0.2, -0.15) is 4.98 Å². The summed E-state index contributed by atoms with van der Waals surface area (Å²) < 4.78 is 6.33. The molecular formula is C12H12BrN3O. The highest BCUT2D eigenvalue weighted by Crippen LogP contribution is 2.19. The molecule has 0 atom stereocenters. The van der Waals surface area contributed by atoms with Gasteiger partial charge < -0.3 is 9.84 Å². The van der Waals surface area contributed by atoms with Gasteiger partial charge in [0.1, 0.15) is 0 Å². The minimum atomic E-state index is 0.402. The number of rotatable bonds is 3. The van der Waals surface area contributed by atoms with Gasteiger partial charge >= 0.3 is 0 Å². The lowest BCUT2D eigenvalue weighted by Gasteiger charge is -2.22. The predicted octanol–water partition coefficient (Wildman–Crippen LogP) is 2.11. The van der Waals surface area contributed by atoms with Gasteiger partial charge in [0.15, 0.2) is 5.82 Å². The molecule has 1 aliphatic rings. The van der Waals surface area contributed by atoms with Gasteiger partial charge in [-0.05, 0) is 17.7 Å². The molecule has 0 amide bonds. The summed E-state index contributed by atoms with van der Waals surface area (Å²) in [6, 6.07) is 8.15. The van der Waals surface area contributed by atoms with E-state index in [1.165, 1.54) is 5.56 Å². The quantitative estimate of drug-likeness (QED) is 0.942. The van der Waals surface area contributed by atoms with E-state index in [0.717, 1.165) is 29.3 Å². The summed E-state index contributed by atoms with van der Waals surface area (Å²) in [6.45, 7) is 1.89. The van der Waals surface area contributed by atoms with Crippen LogP contribution >= 0.6 is 15.9 Å². The maximum atomic E-state index is 5.26. The molecule has 1 aromatic carbocycles. The van der Waals surface area contributed by atoms with E-state index < -0.39 is 0 Å². The van der Waals surface area contributed by atoms with Gasteiger partial charge in [0, 0.05) is 24.0 Å². The highest BCUT2D eigenvalue weighted by atomic mass is 79.9. The first kappa shape index (κ1) is 10.9. The van der Waals surface area contributed by atoms with E-state index in [1.54, 1.807) is 0 Å². The van der Waals surface area contributed by atoms with Crippen LogP contribution in [0.25, 0.3) is 0 Å². The summed E-state index contributed by atoms with van der Waals surface area (Å²) in [4.78, 5) is 4.42. The number of hydrogen-bond acceptors (Lipinski definition) is 4. The minimum absolute atomic E-state index is 0.402. The van der Waals surface area contributed by atoms with Crippen molar-refractivity contribution in [2.24, 2.45) is 0 Å². The van der Waals surface area contributed by atoms with Gasteiger partial charge in [-0.1, -0.05) is 33.2 Å². The number of halogens is 1. The van der Waals surface area contributed by atoms with E-state index in [9.17, 15) is 0 Å². The van der Waals surface area contributed by atoms with Crippen LogP contribution in [0.2, 0.25) is 0 Å². The first-order chi connectivity index (χ1) is 8.31. The second-order valence-electron chi connectivity index (χ2n) is 4.21. The second-order valence-corrected chi connectivity index (χ2v) is 5.13. The van der Waals surface area contributed by atoms with Gasteiger partial charge in [0.2, 0.25) is 5.89 Å². The van der Waals surface area contributed by atoms with Crippen molar-refractivity contribution in [2.75, 3.05) is 13.1 Å². The largest absolute Gasteiger partial charge is 0.339 e. The van der Waals surface area contributed by atoms with Crippen LogP contribution in [0.5, 0.6) is 0 Å². The monoisotopic (exact) mass is 293 g/mol. The van der Waals surface area contributed by atoms with E-state index in [-0.39, 0.29) is 0 Å². The Morgan fingerprint density at radius 1 is 1.41 bits per heavy atom. The first-order valence-electron chi connectivity index (χ1n) is 5.59. The third kappa shape index (κ3) is 2.40. The molecule has 17 heavy (non-hydrogen) atoms. The Balaban J connectivity index is 1.74. The molecule has 4 nitrogen and oxygen atoms in total. The number of nitrogens with zero attached hydrogens (tertiary/aromatic N) is 2. The molecule has 1 N–H and O–H groups in total. The van der Waals surface area contributed by atoms with Crippen molar-refractivity contribution in [1.82, 2.24) is 15.5 Å². The van der Waals surface area contributed by atoms with Crippen LogP contribution in [0.1, 0.15) is 23.2 Å². The lowest BCUT2D eigenvalue weighted by molar-refractivity contribution is 0.306. The Labute approximate surface area is 108 Å². The highest BCUT2D eigenvalue weighted by molar-refractivity contribution is 9.10. The van der Waals surface area contributed by atoms with E-state index in [4.69, 9.17) is 4.52 Å². The molecule has 0 radical (unpaired) electrons. The molecule has 5 heteroatoms. The number of hydrogen-bond donors (Lipinski definition) is 1.